The maximum atomic E-state index is 13.5. The minimum absolute atomic E-state index is 0.0265. The van der Waals surface area contributed by atoms with E-state index in [1.807, 2.05) is 40.7 Å². The molecule has 6 atom stereocenters. The fourth-order valence-electron chi connectivity index (χ4n) is 5.41. The number of allylic oxidation sites excluding steroid dienone is 6. The molecule has 0 aromatic rings. The minimum atomic E-state index is -0.904. The highest BCUT2D eigenvalue weighted by Crippen LogP contribution is 2.32. The number of primary amides is 1. The van der Waals surface area contributed by atoms with Crippen molar-refractivity contribution < 1.29 is 29.0 Å². The molecule has 40 heavy (non-hydrogen) atoms. The van der Waals surface area contributed by atoms with E-state index in [1.165, 1.54) is 6.08 Å². The third kappa shape index (κ3) is 8.74. The van der Waals surface area contributed by atoms with Crippen LogP contribution < -0.4 is 11.1 Å². The fraction of sp³-hybridized carbons (Fsp3) is 0.500. The molecule has 2 rings (SSSR count). The first-order valence-electron chi connectivity index (χ1n) is 13.9. The molecule has 2 amide bonds. The van der Waals surface area contributed by atoms with Crippen LogP contribution in [0.1, 0.15) is 67.2 Å². The van der Waals surface area contributed by atoms with Gasteiger partial charge >= 0.3 is 6.09 Å². The second-order valence-electron chi connectivity index (χ2n) is 11.2. The number of nitrogens with two attached hydrogens (primary N) is 1. The Bertz CT molecular complexity index is 1170. The number of nitrogens with one attached hydrogen (secondary N) is 1. The molecule has 4 N–H and O–H groups in total. The fourth-order valence-corrected chi connectivity index (χ4v) is 5.41. The zero-order valence-corrected chi connectivity index (χ0v) is 24.5. The third-order valence-electron chi connectivity index (χ3n) is 7.57. The first-order chi connectivity index (χ1) is 18.8. The summed E-state index contributed by atoms with van der Waals surface area (Å²) in [5.74, 6) is -1.85. The van der Waals surface area contributed by atoms with Crippen molar-refractivity contribution in [3.8, 4) is 0 Å². The summed E-state index contributed by atoms with van der Waals surface area (Å²) in [6, 6.07) is 0. The van der Waals surface area contributed by atoms with Gasteiger partial charge in [0.15, 0.2) is 5.78 Å². The lowest BCUT2D eigenvalue weighted by atomic mass is 9.80. The average molecular weight is 553 g/mol. The molecule has 1 aliphatic carbocycles. The number of hydrogen-bond donors (Lipinski definition) is 3. The molecule has 1 heterocycles. The zero-order valence-electron chi connectivity index (χ0n) is 24.5. The van der Waals surface area contributed by atoms with Crippen LogP contribution in [-0.2, 0) is 19.1 Å². The highest BCUT2D eigenvalue weighted by Gasteiger charge is 2.31. The van der Waals surface area contributed by atoms with Gasteiger partial charge in [-0.05, 0) is 56.9 Å². The predicted molar refractivity (Wildman–Crippen MR) is 156 cm³/mol. The number of fused-ring (bicyclic) bond motifs is 2. The summed E-state index contributed by atoms with van der Waals surface area (Å²) >= 11 is 0. The van der Waals surface area contributed by atoms with Crippen LogP contribution in [0.15, 0.2) is 71.0 Å². The number of ketones is 2. The topological polar surface area (TPSA) is 136 Å². The molecular weight excluding hydrogens is 508 g/mol. The molecule has 0 aromatic heterocycles. The van der Waals surface area contributed by atoms with Gasteiger partial charge in [0, 0.05) is 34.6 Å². The van der Waals surface area contributed by atoms with Gasteiger partial charge in [0.2, 0.25) is 5.78 Å². The summed E-state index contributed by atoms with van der Waals surface area (Å²) in [7, 11) is 0. The zero-order chi connectivity index (χ0) is 30.1. The van der Waals surface area contributed by atoms with Crippen LogP contribution in [0.3, 0.4) is 0 Å². The molecule has 0 radical (unpaired) electrons. The average Bonchev–Trinajstić information content (AvgIpc) is 2.88. The molecule has 0 saturated heterocycles. The summed E-state index contributed by atoms with van der Waals surface area (Å²) < 4.78 is 5.41. The van der Waals surface area contributed by atoms with Gasteiger partial charge in [-0.1, -0.05) is 58.1 Å². The quantitative estimate of drug-likeness (QED) is 0.331. The third-order valence-corrected chi connectivity index (χ3v) is 7.57. The van der Waals surface area contributed by atoms with Crippen molar-refractivity contribution in [2.75, 3.05) is 0 Å². The molecule has 0 spiro atoms. The van der Waals surface area contributed by atoms with Gasteiger partial charge < -0.3 is 20.9 Å². The van der Waals surface area contributed by atoms with Crippen LogP contribution in [-0.4, -0.2) is 40.9 Å². The maximum absolute atomic E-state index is 13.5. The Labute approximate surface area is 237 Å². The first-order valence-corrected chi connectivity index (χ1v) is 13.9. The molecule has 1 aliphatic heterocycles. The Morgan fingerprint density at radius 3 is 2.48 bits per heavy atom. The summed E-state index contributed by atoms with van der Waals surface area (Å²) in [4.78, 5) is 51.1. The number of amides is 2. The van der Waals surface area contributed by atoms with Crippen molar-refractivity contribution in [2.45, 2.75) is 79.4 Å². The van der Waals surface area contributed by atoms with Crippen molar-refractivity contribution in [2.24, 2.45) is 29.4 Å². The molecular formula is C32H44N2O6. The lowest BCUT2D eigenvalue weighted by Gasteiger charge is -2.28. The highest BCUT2D eigenvalue weighted by atomic mass is 16.6. The number of carbonyl (C=O) groups is 4. The number of rotatable bonds is 4. The first kappa shape index (κ1) is 32.7. The van der Waals surface area contributed by atoms with E-state index in [0.717, 1.165) is 5.57 Å². The molecule has 0 aromatic carbocycles. The standard InChI is InChI=1S/C32H44N2O6/c1-8-9-13-24-25-15-18(2)14-21(5)28(36)22(6)16-23(7)30(40-32(33)39)19(3)11-10-12-20(4)31(38)34-26(29(25)37)17-27(24)35/h8,10-12,16-19,21-22,28,30,36H,1,9,13-15H2,2-7H3,(H2,33,39)(H,34,38)/b11-10-,20-12+,23-16+/t18?,19-,21-,22?,28?,30+/m0/s1. The van der Waals surface area contributed by atoms with Gasteiger partial charge in [-0.15, -0.1) is 6.58 Å². The van der Waals surface area contributed by atoms with Gasteiger partial charge in [-0.2, -0.15) is 0 Å². The van der Waals surface area contributed by atoms with Crippen molar-refractivity contribution >= 4 is 23.6 Å². The molecule has 218 valence electrons. The van der Waals surface area contributed by atoms with Gasteiger partial charge in [-0.3, -0.25) is 14.4 Å². The lowest BCUT2D eigenvalue weighted by Crippen LogP contribution is -2.33. The monoisotopic (exact) mass is 552 g/mol. The van der Waals surface area contributed by atoms with Crippen LogP contribution in [0.2, 0.25) is 0 Å². The number of aliphatic hydroxyl groups is 1. The molecule has 8 heteroatoms. The van der Waals surface area contributed by atoms with Crippen molar-refractivity contribution in [1.29, 1.82) is 0 Å². The number of Topliss-reactive ketones (excluding diaryl/α,β-unsaturated/α-hetero) is 1. The van der Waals surface area contributed by atoms with E-state index >= 15 is 0 Å². The minimum Gasteiger partial charge on any atom is -0.441 e. The van der Waals surface area contributed by atoms with Gasteiger partial charge in [0.05, 0.1) is 11.8 Å². The molecule has 8 nitrogen and oxygen atoms in total. The Morgan fingerprint density at radius 1 is 1.18 bits per heavy atom. The Hall–Kier alpha value is -3.52. The number of hydrogen-bond acceptors (Lipinski definition) is 6. The van der Waals surface area contributed by atoms with Crippen molar-refractivity contribution in [3.05, 3.63) is 71.0 Å². The lowest BCUT2D eigenvalue weighted by molar-refractivity contribution is -0.120. The molecule has 2 aliphatic rings. The summed E-state index contributed by atoms with van der Waals surface area (Å²) in [6.07, 6.45) is 9.46. The van der Waals surface area contributed by atoms with E-state index in [1.54, 1.807) is 31.2 Å². The van der Waals surface area contributed by atoms with Crippen LogP contribution >= 0.6 is 0 Å². The largest absolute Gasteiger partial charge is 0.441 e. The molecule has 0 fully saturated rings. The summed E-state index contributed by atoms with van der Waals surface area (Å²) in [5, 5.41) is 13.8. The van der Waals surface area contributed by atoms with Crippen molar-refractivity contribution in [3.63, 3.8) is 0 Å². The number of carbonyl (C=O) groups excluding carboxylic acids is 4. The summed E-state index contributed by atoms with van der Waals surface area (Å²) in [6.45, 7) is 14.9. The van der Waals surface area contributed by atoms with Gasteiger partial charge in [0.25, 0.3) is 5.91 Å². The maximum Gasteiger partial charge on any atom is 0.405 e. The van der Waals surface area contributed by atoms with Crippen LogP contribution in [0.25, 0.3) is 0 Å². The summed E-state index contributed by atoms with van der Waals surface area (Å²) in [5.41, 5.74) is 7.23. The second kappa shape index (κ2) is 14.7. The smallest absolute Gasteiger partial charge is 0.405 e. The van der Waals surface area contributed by atoms with Crippen LogP contribution in [0.5, 0.6) is 0 Å². The molecule has 3 unspecified atom stereocenters. The Kier molecular flexibility index (Phi) is 12.1. The Balaban J connectivity index is 2.55. The van der Waals surface area contributed by atoms with E-state index < -0.39 is 24.2 Å². The van der Waals surface area contributed by atoms with Crippen molar-refractivity contribution in [1.82, 2.24) is 5.32 Å². The highest BCUT2D eigenvalue weighted by molar-refractivity contribution is 6.23. The normalized spacial score (nSPS) is 32.7. The van der Waals surface area contributed by atoms with Crippen LogP contribution in [0.4, 0.5) is 4.79 Å². The molecule has 2 bridgehead atoms. The van der Waals surface area contributed by atoms with Gasteiger partial charge in [0.1, 0.15) is 6.10 Å². The molecule has 0 saturated carbocycles. The second-order valence-corrected chi connectivity index (χ2v) is 11.2. The van der Waals surface area contributed by atoms with E-state index in [2.05, 4.69) is 11.9 Å². The predicted octanol–water partition coefficient (Wildman–Crippen LogP) is 5.01. The number of ether oxygens (including phenoxy) is 1. The van der Waals surface area contributed by atoms with E-state index in [4.69, 9.17) is 10.5 Å². The number of aliphatic hydroxyl groups excluding tert-OH is 1. The Morgan fingerprint density at radius 2 is 1.85 bits per heavy atom. The van der Waals surface area contributed by atoms with Crippen LogP contribution in [0, 0.1) is 23.7 Å². The van der Waals surface area contributed by atoms with E-state index in [0.29, 0.717) is 42.4 Å². The SMILES string of the molecule is C=CCCC1=C2CC(C)C[C@H](C)C(O)C(C)/C=C(\C)[C@H](OC(N)=O)[C@@H](C)/C=C\C=C(/C)C(=O)NC(=CC1=O)C2=O. The van der Waals surface area contributed by atoms with Gasteiger partial charge in [-0.25, -0.2) is 4.79 Å². The van der Waals surface area contributed by atoms with E-state index in [-0.39, 0.29) is 40.9 Å². The van der Waals surface area contributed by atoms with E-state index in [9.17, 15) is 24.3 Å².